The molecule has 0 saturated heterocycles. The van der Waals surface area contributed by atoms with Gasteiger partial charge in [0.05, 0.1) is 0 Å². The Morgan fingerprint density at radius 2 is 0.800 bits per heavy atom. The van der Waals surface area contributed by atoms with Crippen LogP contribution >= 0.6 is 0 Å². The average molecular weight is 563 g/mol. The van der Waals surface area contributed by atoms with Crippen molar-refractivity contribution in [2.24, 2.45) is 10.8 Å². The Balaban J connectivity index is 0. The highest BCUT2D eigenvalue weighted by Gasteiger charge is 2.27. The molecule has 0 atom stereocenters. The van der Waals surface area contributed by atoms with E-state index in [-0.39, 0.29) is 33.7 Å². The van der Waals surface area contributed by atoms with Crippen molar-refractivity contribution in [2.75, 3.05) is 0 Å². The minimum absolute atomic E-state index is 0.0350. The topological polar surface area (TPSA) is 58.2 Å². The predicted molar refractivity (Wildman–Crippen MR) is 178 cm³/mol. The fourth-order valence-electron chi connectivity index (χ4n) is 5.60. The molecule has 4 heteroatoms. The van der Waals surface area contributed by atoms with Crippen LogP contribution in [-0.4, -0.2) is 22.9 Å². The monoisotopic (exact) mass is 563 g/mol. The molecule has 0 bridgehead atoms. The van der Waals surface area contributed by atoms with Crippen LogP contribution in [0.3, 0.4) is 0 Å². The van der Waals surface area contributed by atoms with Crippen LogP contribution in [0.2, 0.25) is 0 Å². The van der Waals surface area contributed by atoms with Gasteiger partial charge in [0.25, 0.3) is 0 Å². The highest BCUT2D eigenvalue weighted by Crippen LogP contribution is 2.27. The van der Waals surface area contributed by atoms with Crippen molar-refractivity contribution < 1.29 is 9.59 Å². The van der Waals surface area contributed by atoms with Crippen molar-refractivity contribution in [3.63, 3.8) is 0 Å². The summed E-state index contributed by atoms with van der Waals surface area (Å²) >= 11 is 0. The lowest BCUT2D eigenvalue weighted by Gasteiger charge is -2.33. The van der Waals surface area contributed by atoms with Gasteiger partial charge in [0.1, 0.15) is 0 Å². The maximum absolute atomic E-state index is 11.9. The Kier molecular flexibility index (Phi) is 21.5. The van der Waals surface area contributed by atoms with E-state index < -0.39 is 0 Å². The molecule has 0 spiro atoms. The molecule has 236 valence electrons. The summed E-state index contributed by atoms with van der Waals surface area (Å²) in [6.45, 7) is 26.0. The third kappa shape index (κ3) is 31.0. The SMILES string of the molecule is CCCCCCC/C=C/C(=O)NC(C)(C)CC(C)(C)C.CCCCCCC/C=C/C(=O)NC(C)(C)CC(C)(C)C. The number of nitrogens with one attached hydrogen (secondary N) is 2. The molecular weight excluding hydrogens is 492 g/mol. The molecule has 0 aromatic heterocycles. The van der Waals surface area contributed by atoms with Gasteiger partial charge in [-0.2, -0.15) is 0 Å². The normalized spacial score (nSPS) is 12.9. The molecule has 0 saturated carbocycles. The van der Waals surface area contributed by atoms with E-state index in [4.69, 9.17) is 0 Å². The third-order valence-corrected chi connectivity index (χ3v) is 6.35. The standard InChI is InChI=1S/2C18H35NO/c2*1-7-8-9-10-11-12-13-14-16(20)19-18(5,6)15-17(2,3)4/h2*13-14H,7-12,15H2,1-6H3,(H,19,20)/b2*14-13+. The van der Waals surface area contributed by atoms with Crippen LogP contribution in [0, 0.1) is 10.8 Å². The van der Waals surface area contributed by atoms with Gasteiger partial charge in [-0.1, -0.05) is 119 Å². The lowest BCUT2D eigenvalue weighted by atomic mass is 9.82. The molecule has 0 aliphatic rings. The molecule has 2 N–H and O–H groups in total. The van der Waals surface area contributed by atoms with E-state index in [0.29, 0.717) is 0 Å². The van der Waals surface area contributed by atoms with Crippen LogP contribution in [0.25, 0.3) is 0 Å². The molecule has 2 amide bonds. The summed E-state index contributed by atoms with van der Waals surface area (Å²) in [5, 5.41) is 6.20. The number of carbonyl (C=O) groups is 2. The molecule has 0 aromatic rings. The first kappa shape index (κ1) is 40.6. The molecule has 4 nitrogen and oxygen atoms in total. The van der Waals surface area contributed by atoms with Crippen LogP contribution < -0.4 is 10.6 Å². The maximum Gasteiger partial charge on any atom is 0.244 e. The lowest BCUT2D eigenvalue weighted by Crippen LogP contribution is -2.45. The summed E-state index contributed by atoms with van der Waals surface area (Å²) in [4.78, 5) is 23.8. The Hall–Kier alpha value is -1.58. The molecule has 0 radical (unpaired) electrons. The Morgan fingerprint density at radius 1 is 0.500 bits per heavy atom. The smallest absolute Gasteiger partial charge is 0.244 e. The minimum Gasteiger partial charge on any atom is -0.348 e. The summed E-state index contributed by atoms with van der Waals surface area (Å²) in [5.41, 5.74) is 0.140. The second kappa shape index (κ2) is 21.2. The molecule has 0 heterocycles. The first-order valence-corrected chi connectivity index (χ1v) is 16.3. The Bertz CT molecular complexity index is 656. The van der Waals surface area contributed by atoms with Gasteiger partial charge in [-0.25, -0.2) is 0 Å². The van der Waals surface area contributed by atoms with E-state index in [1.54, 1.807) is 12.2 Å². The number of carbonyl (C=O) groups excluding carboxylic acids is 2. The van der Waals surface area contributed by atoms with E-state index in [1.165, 1.54) is 64.2 Å². The van der Waals surface area contributed by atoms with Gasteiger partial charge in [0.15, 0.2) is 0 Å². The third-order valence-electron chi connectivity index (χ3n) is 6.35. The quantitative estimate of drug-likeness (QED) is 0.129. The van der Waals surface area contributed by atoms with E-state index in [9.17, 15) is 9.59 Å². The van der Waals surface area contributed by atoms with Crippen molar-refractivity contribution in [2.45, 2.75) is 184 Å². The number of rotatable bonds is 18. The fourth-order valence-corrected chi connectivity index (χ4v) is 5.60. The summed E-state index contributed by atoms with van der Waals surface area (Å²) in [6, 6.07) is 0. The molecule has 0 aliphatic heterocycles. The lowest BCUT2D eigenvalue weighted by molar-refractivity contribution is -0.119. The van der Waals surface area contributed by atoms with E-state index >= 15 is 0 Å². The molecular formula is C36H70N2O2. The van der Waals surface area contributed by atoms with Crippen LogP contribution in [0.4, 0.5) is 0 Å². The Labute approximate surface area is 251 Å². The predicted octanol–water partition coefficient (Wildman–Crippen LogP) is 10.5. The first-order valence-electron chi connectivity index (χ1n) is 16.3. The number of unbranched alkanes of at least 4 members (excludes halogenated alkanes) is 10. The first-order chi connectivity index (χ1) is 18.3. The highest BCUT2D eigenvalue weighted by atomic mass is 16.2. The van der Waals surface area contributed by atoms with Gasteiger partial charge in [0, 0.05) is 11.1 Å². The van der Waals surface area contributed by atoms with Gasteiger partial charge in [0.2, 0.25) is 11.8 Å². The number of allylic oxidation sites excluding steroid dienone is 2. The van der Waals surface area contributed by atoms with Gasteiger partial charge in [-0.3, -0.25) is 9.59 Å². The van der Waals surface area contributed by atoms with Crippen molar-refractivity contribution in [3.05, 3.63) is 24.3 Å². The van der Waals surface area contributed by atoms with Crippen molar-refractivity contribution in [1.29, 1.82) is 0 Å². The van der Waals surface area contributed by atoms with Crippen molar-refractivity contribution in [3.8, 4) is 0 Å². The second-order valence-electron chi connectivity index (χ2n) is 15.4. The number of hydrogen-bond donors (Lipinski definition) is 2. The van der Waals surface area contributed by atoms with Crippen molar-refractivity contribution in [1.82, 2.24) is 10.6 Å². The molecule has 0 rings (SSSR count). The zero-order valence-corrected chi connectivity index (χ0v) is 29.0. The fraction of sp³-hybridized carbons (Fsp3) is 0.833. The number of amides is 2. The molecule has 0 fully saturated rings. The Morgan fingerprint density at radius 3 is 1.07 bits per heavy atom. The van der Waals surface area contributed by atoms with Gasteiger partial charge in [-0.15, -0.1) is 0 Å². The molecule has 0 aliphatic carbocycles. The largest absolute Gasteiger partial charge is 0.348 e. The van der Waals surface area contributed by atoms with E-state index in [2.05, 4.69) is 93.7 Å². The second-order valence-corrected chi connectivity index (χ2v) is 15.4. The van der Waals surface area contributed by atoms with Crippen LogP contribution in [-0.2, 0) is 9.59 Å². The van der Waals surface area contributed by atoms with Crippen molar-refractivity contribution >= 4 is 11.8 Å². The molecule has 0 unspecified atom stereocenters. The van der Waals surface area contributed by atoms with E-state index in [1.807, 2.05) is 12.2 Å². The van der Waals surface area contributed by atoms with Crippen LogP contribution in [0.15, 0.2) is 24.3 Å². The highest BCUT2D eigenvalue weighted by molar-refractivity contribution is 5.88. The van der Waals surface area contributed by atoms with Gasteiger partial charge < -0.3 is 10.6 Å². The summed E-state index contributed by atoms with van der Waals surface area (Å²) < 4.78 is 0. The minimum atomic E-state index is -0.152. The average Bonchev–Trinajstić information content (AvgIpc) is 2.74. The zero-order chi connectivity index (χ0) is 31.3. The van der Waals surface area contributed by atoms with Gasteiger partial charge in [-0.05, 0) is 89.2 Å². The summed E-state index contributed by atoms with van der Waals surface area (Å²) in [5.74, 6) is 0.0700. The maximum atomic E-state index is 11.9. The van der Waals surface area contributed by atoms with E-state index in [0.717, 1.165) is 25.7 Å². The van der Waals surface area contributed by atoms with Gasteiger partial charge >= 0.3 is 0 Å². The van der Waals surface area contributed by atoms with Crippen LogP contribution in [0.1, 0.15) is 173 Å². The molecule has 0 aromatic carbocycles. The van der Waals surface area contributed by atoms with Crippen LogP contribution in [0.5, 0.6) is 0 Å². The summed E-state index contributed by atoms with van der Waals surface area (Å²) in [7, 11) is 0. The number of hydrogen-bond acceptors (Lipinski definition) is 2. The summed E-state index contributed by atoms with van der Waals surface area (Å²) in [6.07, 6.45) is 24.1. The molecule has 40 heavy (non-hydrogen) atoms. The zero-order valence-electron chi connectivity index (χ0n) is 29.0.